The number of carbonyl (C=O) groups excluding carboxylic acids is 2. The number of alkyl halides is 2. The number of likely N-dealkylation sites (tertiary alicyclic amines) is 1. The van der Waals surface area contributed by atoms with Crippen molar-refractivity contribution < 1.29 is 27.8 Å². The summed E-state index contributed by atoms with van der Waals surface area (Å²) in [5, 5.41) is 0. The van der Waals surface area contributed by atoms with E-state index in [-0.39, 0.29) is 18.0 Å². The quantitative estimate of drug-likeness (QED) is 0.554. The molecule has 2 atom stereocenters. The number of nitrogens with two attached hydrogens (primary N) is 1. The summed E-state index contributed by atoms with van der Waals surface area (Å²) in [7, 11) is 1.53. The Morgan fingerprint density at radius 2 is 1.89 bits per heavy atom. The molecule has 37 heavy (non-hydrogen) atoms. The van der Waals surface area contributed by atoms with Gasteiger partial charge in [0.05, 0.1) is 12.8 Å². The fourth-order valence-electron chi connectivity index (χ4n) is 5.44. The number of benzene rings is 2. The Morgan fingerprint density at radius 1 is 1.19 bits per heavy atom. The molecule has 2 aliphatic rings. The second kappa shape index (κ2) is 10.3. The Balaban J connectivity index is 1.77. The van der Waals surface area contributed by atoms with Crippen molar-refractivity contribution in [2.24, 2.45) is 11.7 Å². The molecule has 200 valence electrons. The molecule has 2 aromatic carbocycles. The SMILES string of the molecule is COc1cc2c(cc1C[C@@H]1CCCN(C(=O)OC(C)(C)C)[C@]1(N)c1ccccc1)N(C(F)F)C(=O)CC2. The lowest BCUT2D eigenvalue weighted by Crippen LogP contribution is -2.63. The van der Waals surface area contributed by atoms with Crippen LogP contribution in [0.3, 0.4) is 0 Å². The molecule has 0 radical (unpaired) electrons. The number of carbonyl (C=O) groups is 2. The van der Waals surface area contributed by atoms with E-state index < -0.39 is 29.8 Å². The Morgan fingerprint density at radius 3 is 2.51 bits per heavy atom. The molecular formula is C28H35F2N3O4. The fraction of sp³-hybridized carbons (Fsp3) is 0.500. The van der Waals surface area contributed by atoms with Gasteiger partial charge < -0.3 is 15.2 Å². The second-order valence-corrected chi connectivity index (χ2v) is 10.7. The van der Waals surface area contributed by atoms with Crippen molar-refractivity contribution in [3.63, 3.8) is 0 Å². The van der Waals surface area contributed by atoms with Crippen LogP contribution in [0.5, 0.6) is 5.75 Å². The van der Waals surface area contributed by atoms with E-state index in [0.29, 0.717) is 54.0 Å². The molecule has 0 aromatic heterocycles. The van der Waals surface area contributed by atoms with Crippen LogP contribution in [0.4, 0.5) is 19.3 Å². The van der Waals surface area contributed by atoms with Crippen LogP contribution >= 0.6 is 0 Å². The van der Waals surface area contributed by atoms with E-state index in [2.05, 4.69) is 0 Å². The van der Waals surface area contributed by atoms with Crippen molar-refractivity contribution in [3.8, 4) is 5.75 Å². The molecule has 0 spiro atoms. The van der Waals surface area contributed by atoms with Crippen LogP contribution in [-0.2, 0) is 28.0 Å². The van der Waals surface area contributed by atoms with Crippen molar-refractivity contribution in [1.82, 2.24) is 4.90 Å². The molecule has 0 unspecified atom stereocenters. The lowest BCUT2D eigenvalue weighted by Gasteiger charge is -2.50. The summed E-state index contributed by atoms with van der Waals surface area (Å²) < 4.78 is 39.0. The van der Waals surface area contributed by atoms with Gasteiger partial charge in [0.25, 0.3) is 0 Å². The predicted molar refractivity (Wildman–Crippen MR) is 136 cm³/mol. The zero-order chi connectivity index (χ0) is 27.0. The lowest BCUT2D eigenvalue weighted by molar-refractivity contribution is -0.121. The smallest absolute Gasteiger partial charge is 0.412 e. The van der Waals surface area contributed by atoms with Gasteiger partial charge in [0.2, 0.25) is 5.91 Å². The van der Waals surface area contributed by atoms with Crippen molar-refractivity contribution in [2.45, 2.75) is 70.7 Å². The highest BCUT2D eigenvalue weighted by atomic mass is 19.3. The first-order valence-electron chi connectivity index (χ1n) is 12.6. The van der Waals surface area contributed by atoms with Crippen molar-refractivity contribution in [3.05, 3.63) is 59.2 Å². The van der Waals surface area contributed by atoms with Gasteiger partial charge >= 0.3 is 12.6 Å². The average molecular weight is 516 g/mol. The first-order valence-corrected chi connectivity index (χ1v) is 12.6. The van der Waals surface area contributed by atoms with Crippen molar-refractivity contribution in [2.75, 3.05) is 18.6 Å². The second-order valence-electron chi connectivity index (χ2n) is 10.7. The van der Waals surface area contributed by atoms with Crippen LogP contribution < -0.4 is 15.4 Å². The predicted octanol–water partition coefficient (Wildman–Crippen LogP) is 5.20. The summed E-state index contributed by atoms with van der Waals surface area (Å²) in [5.41, 5.74) is 7.51. The van der Waals surface area contributed by atoms with Gasteiger partial charge in [-0.05, 0) is 75.3 Å². The molecule has 7 nitrogen and oxygen atoms in total. The maximum Gasteiger partial charge on any atom is 0.412 e. The van der Waals surface area contributed by atoms with Crippen LogP contribution in [-0.4, -0.2) is 42.7 Å². The minimum absolute atomic E-state index is 0.0211. The minimum Gasteiger partial charge on any atom is -0.496 e. The molecule has 0 bridgehead atoms. The third kappa shape index (κ3) is 5.28. The minimum atomic E-state index is -2.94. The maximum atomic E-state index is 13.8. The number of fused-ring (bicyclic) bond motifs is 1. The topological polar surface area (TPSA) is 85.1 Å². The number of ether oxygens (including phenoxy) is 2. The van der Waals surface area contributed by atoms with Gasteiger partial charge in [0.15, 0.2) is 0 Å². The van der Waals surface area contributed by atoms with E-state index in [1.165, 1.54) is 7.11 Å². The number of halogens is 2. The molecule has 9 heteroatoms. The first kappa shape index (κ1) is 26.9. The van der Waals surface area contributed by atoms with E-state index in [4.69, 9.17) is 15.2 Å². The number of hydrogen-bond donors (Lipinski definition) is 1. The van der Waals surface area contributed by atoms with Gasteiger partial charge in [0, 0.05) is 18.9 Å². The summed E-state index contributed by atoms with van der Waals surface area (Å²) in [6.45, 7) is 2.90. The highest BCUT2D eigenvalue weighted by Crippen LogP contribution is 2.43. The Hall–Kier alpha value is -3.20. The molecule has 0 aliphatic carbocycles. The Bertz CT molecular complexity index is 1150. The summed E-state index contributed by atoms with van der Waals surface area (Å²) in [6, 6.07) is 12.7. The van der Waals surface area contributed by atoms with Gasteiger partial charge in [0.1, 0.15) is 17.0 Å². The molecular weight excluding hydrogens is 480 g/mol. The number of nitrogens with zero attached hydrogens (tertiary/aromatic N) is 2. The van der Waals surface area contributed by atoms with Crippen LogP contribution in [0.15, 0.2) is 42.5 Å². The monoisotopic (exact) mass is 515 g/mol. The summed E-state index contributed by atoms with van der Waals surface area (Å²) >= 11 is 0. The van der Waals surface area contributed by atoms with Crippen molar-refractivity contribution >= 4 is 17.7 Å². The summed E-state index contributed by atoms with van der Waals surface area (Å²) in [6.07, 6.45) is 1.64. The molecule has 2 N–H and O–H groups in total. The molecule has 4 rings (SSSR count). The molecule has 1 saturated heterocycles. The third-order valence-corrected chi connectivity index (χ3v) is 7.13. The number of anilines is 1. The van der Waals surface area contributed by atoms with E-state index in [9.17, 15) is 18.4 Å². The number of piperidine rings is 1. The molecule has 1 fully saturated rings. The molecule has 0 saturated carbocycles. The lowest BCUT2D eigenvalue weighted by atomic mass is 9.75. The number of rotatable bonds is 5. The van der Waals surface area contributed by atoms with Crippen LogP contribution in [0.1, 0.15) is 56.7 Å². The highest BCUT2D eigenvalue weighted by Gasteiger charge is 2.48. The fourth-order valence-corrected chi connectivity index (χ4v) is 5.44. The normalized spacial score (nSPS) is 22.2. The Kier molecular flexibility index (Phi) is 7.46. The van der Waals surface area contributed by atoms with E-state index in [0.717, 1.165) is 5.56 Å². The molecule has 2 aromatic rings. The van der Waals surface area contributed by atoms with Crippen LogP contribution in [0, 0.1) is 5.92 Å². The van der Waals surface area contributed by atoms with Gasteiger partial charge in [-0.15, -0.1) is 0 Å². The Labute approximate surface area is 216 Å². The largest absolute Gasteiger partial charge is 0.496 e. The molecule has 2 heterocycles. The third-order valence-electron chi connectivity index (χ3n) is 7.13. The van der Waals surface area contributed by atoms with Crippen LogP contribution in [0.25, 0.3) is 0 Å². The molecule has 2 aliphatic heterocycles. The number of aryl methyl sites for hydroxylation is 1. The number of methoxy groups -OCH3 is 1. The van der Waals surface area contributed by atoms with E-state index in [1.54, 1.807) is 37.8 Å². The maximum absolute atomic E-state index is 13.8. The summed E-state index contributed by atoms with van der Waals surface area (Å²) in [5.74, 6) is -0.334. The van der Waals surface area contributed by atoms with Gasteiger partial charge in [-0.25, -0.2) is 4.79 Å². The average Bonchev–Trinajstić information content (AvgIpc) is 2.84. The molecule has 2 amide bonds. The van der Waals surface area contributed by atoms with E-state index in [1.807, 2.05) is 30.3 Å². The first-order chi connectivity index (χ1) is 17.5. The van der Waals surface area contributed by atoms with Gasteiger partial charge in [-0.2, -0.15) is 8.78 Å². The number of amides is 2. The van der Waals surface area contributed by atoms with Gasteiger partial charge in [-0.3, -0.25) is 14.6 Å². The van der Waals surface area contributed by atoms with Crippen molar-refractivity contribution in [1.29, 1.82) is 0 Å². The number of hydrogen-bond acceptors (Lipinski definition) is 5. The standard InChI is InChI=1S/C28H35F2N3O4/c1-27(2,3)37-26(35)32-14-8-11-21(28(32,31)20-9-6-5-7-10-20)15-19-16-22-18(17-23(19)36-4)12-13-24(34)33(22)25(29)30/h5-7,9-10,16-17,21,25H,8,11-15,31H2,1-4H3/t21-,28+/m0/s1. The van der Waals surface area contributed by atoms with E-state index >= 15 is 0 Å². The highest BCUT2D eigenvalue weighted by molar-refractivity contribution is 5.96. The van der Waals surface area contributed by atoms with Crippen LogP contribution in [0.2, 0.25) is 0 Å². The zero-order valence-corrected chi connectivity index (χ0v) is 21.8. The van der Waals surface area contributed by atoms with Gasteiger partial charge in [-0.1, -0.05) is 30.3 Å². The summed E-state index contributed by atoms with van der Waals surface area (Å²) in [4.78, 5) is 27.8. The zero-order valence-electron chi connectivity index (χ0n) is 21.8.